The summed E-state index contributed by atoms with van der Waals surface area (Å²) in [6.45, 7) is 2.84. The van der Waals surface area contributed by atoms with E-state index in [-0.39, 0.29) is 11.9 Å². The fraction of sp³-hybridized carbons (Fsp3) is 0.200. The van der Waals surface area contributed by atoms with Crippen molar-refractivity contribution in [1.82, 2.24) is 5.32 Å². The first kappa shape index (κ1) is 14.7. The van der Waals surface area contributed by atoms with Crippen molar-refractivity contribution in [2.75, 3.05) is 0 Å². The van der Waals surface area contributed by atoms with Gasteiger partial charge in [0.25, 0.3) is 0 Å². The molecule has 0 heterocycles. The van der Waals surface area contributed by atoms with Crippen LogP contribution < -0.4 is 5.32 Å². The van der Waals surface area contributed by atoms with Crippen LogP contribution in [0.3, 0.4) is 0 Å². The summed E-state index contributed by atoms with van der Waals surface area (Å²) in [6.07, 6.45) is 0. The Morgan fingerprint density at radius 1 is 1.05 bits per heavy atom. The van der Waals surface area contributed by atoms with Gasteiger partial charge in [-0.3, -0.25) is 0 Å². The highest BCUT2D eigenvalue weighted by atomic mass is 79.9. The molecule has 0 spiro atoms. The molecule has 0 saturated carbocycles. The second-order valence-electron chi connectivity index (χ2n) is 4.40. The lowest BCUT2D eigenvalue weighted by Crippen LogP contribution is -2.18. The third kappa shape index (κ3) is 4.13. The fourth-order valence-corrected chi connectivity index (χ4v) is 2.46. The summed E-state index contributed by atoms with van der Waals surface area (Å²) in [6, 6.07) is 12.9. The summed E-state index contributed by atoms with van der Waals surface area (Å²) < 4.78 is 14.9. The second-order valence-corrected chi connectivity index (χ2v) is 6.11. The van der Waals surface area contributed by atoms with E-state index in [0.29, 0.717) is 0 Å². The Bertz CT molecular complexity index is 555. The minimum atomic E-state index is -0.201. The van der Waals surface area contributed by atoms with E-state index in [9.17, 15) is 4.39 Å². The molecule has 0 bridgehead atoms. The first-order valence-corrected chi connectivity index (χ1v) is 7.57. The van der Waals surface area contributed by atoms with Gasteiger partial charge in [-0.15, -0.1) is 0 Å². The fourth-order valence-electron chi connectivity index (χ4n) is 1.79. The molecule has 0 saturated heterocycles. The molecule has 1 atom stereocenters. The van der Waals surface area contributed by atoms with Gasteiger partial charge in [-0.1, -0.05) is 18.2 Å². The van der Waals surface area contributed by atoms with Crippen LogP contribution in [0, 0.1) is 5.82 Å². The zero-order valence-corrected chi connectivity index (χ0v) is 13.6. The monoisotopic (exact) mass is 385 g/mol. The number of halogens is 3. The Kier molecular flexibility index (Phi) is 5.13. The predicted molar refractivity (Wildman–Crippen MR) is 83.5 cm³/mol. The van der Waals surface area contributed by atoms with Crippen LogP contribution in [-0.2, 0) is 6.54 Å². The van der Waals surface area contributed by atoms with E-state index in [1.165, 1.54) is 17.7 Å². The summed E-state index contributed by atoms with van der Waals surface area (Å²) in [5, 5.41) is 3.42. The standard InChI is InChI=1S/C15H14Br2FN/c1-10(12-3-5-13(18)6-4-12)19-9-11-2-7-14(16)15(17)8-11/h2-8,10,19H,9H2,1H3. The molecule has 0 amide bonds. The average molecular weight is 387 g/mol. The molecule has 1 N–H and O–H groups in total. The molecule has 0 fully saturated rings. The van der Waals surface area contributed by atoms with Crippen LogP contribution in [0.1, 0.15) is 24.1 Å². The van der Waals surface area contributed by atoms with Gasteiger partial charge in [-0.25, -0.2) is 4.39 Å². The molecule has 2 aromatic rings. The quantitative estimate of drug-likeness (QED) is 0.761. The van der Waals surface area contributed by atoms with E-state index in [2.05, 4.69) is 56.2 Å². The first-order valence-electron chi connectivity index (χ1n) is 5.99. The molecular formula is C15H14Br2FN. The van der Waals surface area contributed by atoms with Crippen LogP contribution in [-0.4, -0.2) is 0 Å². The van der Waals surface area contributed by atoms with Gasteiger partial charge in [-0.2, -0.15) is 0 Å². The molecule has 0 aliphatic carbocycles. The molecule has 4 heteroatoms. The minimum absolute atomic E-state index is 0.183. The van der Waals surface area contributed by atoms with E-state index >= 15 is 0 Å². The molecule has 2 rings (SSSR count). The maximum atomic E-state index is 12.9. The SMILES string of the molecule is CC(NCc1ccc(Br)c(Br)c1)c1ccc(F)cc1. The van der Waals surface area contributed by atoms with Gasteiger partial charge in [0.2, 0.25) is 0 Å². The van der Waals surface area contributed by atoms with Crippen molar-refractivity contribution < 1.29 is 4.39 Å². The van der Waals surface area contributed by atoms with E-state index in [1.807, 2.05) is 18.2 Å². The molecule has 2 aromatic carbocycles. The molecule has 0 aliphatic rings. The highest BCUT2D eigenvalue weighted by molar-refractivity contribution is 9.13. The van der Waals surface area contributed by atoms with Gasteiger partial charge < -0.3 is 5.32 Å². The van der Waals surface area contributed by atoms with Crippen molar-refractivity contribution in [1.29, 1.82) is 0 Å². The van der Waals surface area contributed by atoms with Crippen molar-refractivity contribution in [3.05, 3.63) is 68.4 Å². The summed E-state index contributed by atoms with van der Waals surface area (Å²) in [7, 11) is 0. The lowest BCUT2D eigenvalue weighted by atomic mass is 10.1. The Hall–Kier alpha value is -0.710. The van der Waals surface area contributed by atoms with Crippen molar-refractivity contribution in [2.24, 2.45) is 0 Å². The average Bonchev–Trinajstić information content (AvgIpc) is 2.40. The number of rotatable bonds is 4. The zero-order chi connectivity index (χ0) is 13.8. The Morgan fingerprint density at radius 2 is 1.74 bits per heavy atom. The third-order valence-corrected chi connectivity index (χ3v) is 4.85. The minimum Gasteiger partial charge on any atom is -0.306 e. The predicted octanol–water partition coefficient (Wildman–Crippen LogP) is 5.20. The van der Waals surface area contributed by atoms with Gasteiger partial charge in [-0.05, 0) is 74.2 Å². The maximum absolute atomic E-state index is 12.9. The van der Waals surface area contributed by atoms with Crippen molar-refractivity contribution in [2.45, 2.75) is 19.5 Å². The van der Waals surface area contributed by atoms with E-state index < -0.39 is 0 Å². The van der Waals surface area contributed by atoms with Gasteiger partial charge in [0.15, 0.2) is 0 Å². The number of nitrogens with one attached hydrogen (secondary N) is 1. The lowest BCUT2D eigenvalue weighted by Gasteiger charge is -2.14. The topological polar surface area (TPSA) is 12.0 Å². The Morgan fingerprint density at radius 3 is 2.37 bits per heavy atom. The third-order valence-electron chi connectivity index (χ3n) is 2.97. The Labute approximate surface area is 129 Å². The smallest absolute Gasteiger partial charge is 0.123 e. The van der Waals surface area contributed by atoms with Crippen LogP contribution in [0.15, 0.2) is 51.4 Å². The van der Waals surface area contributed by atoms with Crippen molar-refractivity contribution in [3.8, 4) is 0 Å². The second kappa shape index (κ2) is 6.64. The number of hydrogen-bond donors (Lipinski definition) is 1. The van der Waals surface area contributed by atoms with Gasteiger partial charge in [0, 0.05) is 21.5 Å². The van der Waals surface area contributed by atoms with Crippen LogP contribution in [0.2, 0.25) is 0 Å². The molecule has 100 valence electrons. The van der Waals surface area contributed by atoms with Crippen LogP contribution in [0.5, 0.6) is 0 Å². The van der Waals surface area contributed by atoms with Gasteiger partial charge in [0.05, 0.1) is 0 Å². The summed E-state index contributed by atoms with van der Waals surface area (Å²) in [4.78, 5) is 0. The van der Waals surface area contributed by atoms with E-state index in [0.717, 1.165) is 21.1 Å². The first-order chi connectivity index (χ1) is 9.06. The molecular weight excluding hydrogens is 373 g/mol. The number of hydrogen-bond acceptors (Lipinski definition) is 1. The van der Waals surface area contributed by atoms with Crippen LogP contribution in [0.4, 0.5) is 4.39 Å². The van der Waals surface area contributed by atoms with Crippen LogP contribution >= 0.6 is 31.9 Å². The molecule has 1 unspecified atom stereocenters. The van der Waals surface area contributed by atoms with E-state index in [1.54, 1.807) is 0 Å². The number of benzene rings is 2. The summed E-state index contributed by atoms with van der Waals surface area (Å²) in [5.74, 6) is -0.201. The highest BCUT2D eigenvalue weighted by Crippen LogP contribution is 2.24. The molecule has 0 aliphatic heterocycles. The Balaban J connectivity index is 1.98. The zero-order valence-electron chi connectivity index (χ0n) is 10.5. The van der Waals surface area contributed by atoms with Gasteiger partial charge in [0.1, 0.15) is 5.82 Å². The largest absolute Gasteiger partial charge is 0.306 e. The summed E-state index contributed by atoms with van der Waals surface area (Å²) >= 11 is 6.94. The molecule has 0 radical (unpaired) electrons. The van der Waals surface area contributed by atoms with Crippen molar-refractivity contribution >= 4 is 31.9 Å². The van der Waals surface area contributed by atoms with E-state index in [4.69, 9.17) is 0 Å². The van der Waals surface area contributed by atoms with Crippen LogP contribution in [0.25, 0.3) is 0 Å². The van der Waals surface area contributed by atoms with Crippen molar-refractivity contribution in [3.63, 3.8) is 0 Å². The normalized spacial score (nSPS) is 12.4. The molecule has 19 heavy (non-hydrogen) atoms. The molecule has 1 nitrogen and oxygen atoms in total. The lowest BCUT2D eigenvalue weighted by molar-refractivity contribution is 0.571. The highest BCUT2D eigenvalue weighted by Gasteiger charge is 2.05. The summed E-state index contributed by atoms with van der Waals surface area (Å²) in [5.41, 5.74) is 2.28. The molecule has 0 aromatic heterocycles. The van der Waals surface area contributed by atoms with Gasteiger partial charge >= 0.3 is 0 Å². The maximum Gasteiger partial charge on any atom is 0.123 e.